The molecule has 3 heterocycles. The minimum atomic E-state index is -0.524. The van der Waals surface area contributed by atoms with Crippen molar-refractivity contribution in [2.45, 2.75) is 32.4 Å². The molecule has 1 atom stereocenters. The van der Waals surface area contributed by atoms with Crippen molar-refractivity contribution in [2.75, 3.05) is 26.2 Å². The van der Waals surface area contributed by atoms with E-state index in [4.69, 9.17) is 0 Å². The highest BCUT2D eigenvalue weighted by atomic mass is 19.1. The molecule has 2 aromatic carbocycles. The number of aromatic amines is 1. The van der Waals surface area contributed by atoms with E-state index in [1.807, 2.05) is 24.3 Å². The molecule has 36 heavy (non-hydrogen) atoms. The standard InChI is InChI=1S/C28H30FN5O2/c1-2-21(19-32-11-5-6-12-32)33-13-15-34(16-14-33)28(36)24-17-20(9-10-25(24)29)18-26-22-7-3-4-8-23(22)27(35)31-30-26/h3-12,17,21H,2,13-16,18-19H2,1H3,(H,31,35). The number of fused-ring (bicyclic) bond motifs is 1. The number of nitrogens with zero attached hydrogens (tertiary/aromatic N) is 4. The van der Waals surface area contributed by atoms with Crippen molar-refractivity contribution in [3.63, 3.8) is 0 Å². The summed E-state index contributed by atoms with van der Waals surface area (Å²) in [6.07, 6.45) is 5.55. The molecule has 0 saturated carbocycles. The van der Waals surface area contributed by atoms with E-state index in [-0.39, 0.29) is 17.0 Å². The van der Waals surface area contributed by atoms with Gasteiger partial charge in [-0.2, -0.15) is 5.10 Å². The largest absolute Gasteiger partial charge is 0.353 e. The molecule has 5 rings (SSSR count). The van der Waals surface area contributed by atoms with Crippen LogP contribution in [0.25, 0.3) is 10.8 Å². The monoisotopic (exact) mass is 487 g/mol. The van der Waals surface area contributed by atoms with Gasteiger partial charge in [0, 0.05) is 63.0 Å². The van der Waals surface area contributed by atoms with E-state index in [9.17, 15) is 14.0 Å². The summed E-state index contributed by atoms with van der Waals surface area (Å²) in [5.41, 5.74) is 1.27. The number of rotatable bonds is 7. The summed E-state index contributed by atoms with van der Waals surface area (Å²) >= 11 is 0. The maximum atomic E-state index is 14.8. The van der Waals surface area contributed by atoms with Gasteiger partial charge in [-0.1, -0.05) is 31.2 Å². The molecule has 1 fully saturated rings. The quantitative estimate of drug-likeness (QED) is 0.432. The third-order valence-corrected chi connectivity index (χ3v) is 7.08. The summed E-state index contributed by atoms with van der Waals surface area (Å²) < 4.78 is 17.0. The van der Waals surface area contributed by atoms with Crippen LogP contribution in [0.15, 0.2) is 71.8 Å². The number of carbonyl (C=O) groups excluding carboxylic acids is 1. The predicted molar refractivity (Wildman–Crippen MR) is 138 cm³/mol. The lowest BCUT2D eigenvalue weighted by Crippen LogP contribution is -2.52. The lowest BCUT2D eigenvalue weighted by Gasteiger charge is -2.39. The second-order valence-electron chi connectivity index (χ2n) is 9.31. The summed E-state index contributed by atoms with van der Waals surface area (Å²) in [5.74, 6) is -0.809. The summed E-state index contributed by atoms with van der Waals surface area (Å²) in [6, 6.07) is 16.3. The van der Waals surface area contributed by atoms with Crippen LogP contribution in [0.1, 0.15) is 35.0 Å². The Morgan fingerprint density at radius 1 is 1.03 bits per heavy atom. The molecule has 0 spiro atoms. The highest BCUT2D eigenvalue weighted by Gasteiger charge is 2.27. The van der Waals surface area contributed by atoms with Crippen molar-refractivity contribution in [3.8, 4) is 0 Å². The molecule has 0 radical (unpaired) electrons. The zero-order valence-electron chi connectivity index (χ0n) is 20.4. The number of amides is 1. The van der Waals surface area contributed by atoms with Gasteiger partial charge in [-0.05, 0) is 42.3 Å². The van der Waals surface area contributed by atoms with E-state index in [1.165, 1.54) is 6.07 Å². The zero-order valence-corrected chi connectivity index (χ0v) is 20.4. The van der Waals surface area contributed by atoms with Gasteiger partial charge in [-0.15, -0.1) is 0 Å². The number of carbonyl (C=O) groups is 1. The van der Waals surface area contributed by atoms with Crippen LogP contribution < -0.4 is 5.56 Å². The molecule has 4 aromatic rings. The summed E-state index contributed by atoms with van der Waals surface area (Å²) in [7, 11) is 0. The van der Waals surface area contributed by atoms with E-state index < -0.39 is 5.82 Å². The highest BCUT2D eigenvalue weighted by Crippen LogP contribution is 2.20. The van der Waals surface area contributed by atoms with E-state index in [1.54, 1.807) is 29.2 Å². The molecule has 0 bridgehead atoms. The topological polar surface area (TPSA) is 74.2 Å². The van der Waals surface area contributed by atoms with Crippen LogP contribution in [0.4, 0.5) is 4.39 Å². The van der Waals surface area contributed by atoms with Gasteiger partial charge in [0.15, 0.2) is 0 Å². The highest BCUT2D eigenvalue weighted by molar-refractivity contribution is 5.95. The minimum absolute atomic E-state index is 0.0778. The first-order valence-corrected chi connectivity index (χ1v) is 12.4. The number of nitrogens with one attached hydrogen (secondary N) is 1. The van der Waals surface area contributed by atoms with E-state index in [0.29, 0.717) is 36.6 Å². The van der Waals surface area contributed by atoms with Crippen molar-refractivity contribution in [3.05, 3.63) is 100.0 Å². The Kier molecular flexibility index (Phi) is 6.95. The SMILES string of the molecule is CCC(Cn1cccc1)N1CCN(C(=O)c2cc(Cc3n[nH]c(=O)c4ccccc34)ccc2F)CC1. The zero-order chi connectivity index (χ0) is 25.1. The molecule has 1 aliphatic rings. The molecule has 1 saturated heterocycles. The van der Waals surface area contributed by atoms with E-state index in [0.717, 1.165) is 37.0 Å². The van der Waals surface area contributed by atoms with Crippen LogP contribution in [-0.4, -0.2) is 62.7 Å². The first kappa shape index (κ1) is 23.9. The molecule has 1 amide bonds. The summed E-state index contributed by atoms with van der Waals surface area (Å²) in [6.45, 7) is 5.77. The third-order valence-electron chi connectivity index (χ3n) is 7.08. The number of hydrogen-bond donors (Lipinski definition) is 1. The number of aromatic nitrogens is 3. The van der Waals surface area contributed by atoms with E-state index in [2.05, 4.69) is 39.0 Å². The molecular formula is C28H30FN5O2. The van der Waals surface area contributed by atoms with Crippen LogP contribution in [-0.2, 0) is 13.0 Å². The fourth-order valence-corrected chi connectivity index (χ4v) is 5.04. The molecular weight excluding hydrogens is 457 g/mol. The van der Waals surface area contributed by atoms with Crippen LogP contribution in [0.3, 0.4) is 0 Å². The molecule has 1 aliphatic heterocycles. The molecule has 0 aliphatic carbocycles. The number of piperazine rings is 1. The number of benzene rings is 2. The second kappa shape index (κ2) is 10.5. The van der Waals surface area contributed by atoms with Gasteiger partial charge in [0.25, 0.3) is 11.5 Å². The Labute approximate surface area is 209 Å². The normalized spacial score (nSPS) is 15.3. The first-order valence-electron chi connectivity index (χ1n) is 12.4. The summed E-state index contributed by atoms with van der Waals surface area (Å²) in [4.78, 5) is 29.5. The maximum Gasteiger partial charge on any atom is 0.272 e. The Hall–Kier alpha value is -3.78. The fourth-order valence-electron chi connectivity index (χ4n) is 5.04. The minimum Gasteiger partial charge on any atom is -0.353 e. The van der Waals surface area contributed by atoms with Gasteiger partial charge in [-0.3, -0.25) is 14.5 Å². The van der Waals surface area contributed by atoms with Crippen LogP contribution in [0.2, 0.25) is 0 Å². The number of H-pyrrole nitrogens is 1. The predicted octanol–water partition coefficient (Wildman–Crippen LogP) is 3.69. The Morgan fingerprint density at radius 3 is 2.47 bits per heavy atom. The molecule has 1 unspecified atom stereocenters. The van der Waals surface area contributed by atoms with Crippen LogP contribution >= 0.6 is 0 Å². The average Bonchev–Trinajstić information content (AvgIpc) is 3.43. The second-order valence-corrected chi connectivity index (χ2v) is 9.31. The number of halogens is 1. The van der Waals surface area contributed by atoms with Crippen molar-refractivity contribution in [2.24, 2.45) is 0 Å². The van der Waals surface area contributed by atoms with Crippen molar-refractivity contribution >= 4 is 16.7 Å². The number of hydrogen-bond acceptors (Lipinski definition) is 4. The van der Waals surface area contributed by atoms with Gasteiger partial charge in [0.1, 0.15) is 5.82 Å². The average molecular weight is 488 g/mol. The molecule has 8 heteroatoms. The molecule has 2 aromatic heterocycles. The Morgan fingerprint density at radius 2 is 1.75 bits per heavy atom. The van der Waals surface area contributed by atoms with Gasteiger partial charge in [-0.25, -0.2) is 9.49 Å². The molecule has 7 nitrogen and oxygen atoms in total. The lowest BCUT2D eigenvalue weighted by molar-refractivity contribution is 0.0540. The first-order chi connectivity index (χ1) is 17.5. The van der Waals surface area contributed by atoms with Crippen molar-refractivity contribution in [1.82, 2.24) is 24.6 Å². The van der Waals surface area contributed by atoms with Gasteiger partial charge in [0.2, 0.25) is 0 Å². The van der Waals surface area contributed by atoms with Gasteiger partial charge < -0.3 is 9.47 Å². The van der Waals surface area contributed by atoms with Crippen LogP contribution in [0, 0.1) is 5.82 Å². The van der Waals surface area contributed by atoms with Gasteiger partial charge >= 0.3 is 0 Å². The lowest BCUT2D eigenvalue weighted by atomic mass is 10.0. The Bertz CT molecular complexity index is 1410. The van der Waals surface area contributed by atoms with Gasteiger partial charge in [0.05, 0.1) is 16.6 Å². The maximum absolute atomic E-state index is 14.8. The van der Waals surface area contributed by atoms with Crippen molar-refractivity contribution in [1.29, 1.82) is 0 Å². The molecule has 1 N–H and O–H groups in total. The van der Waals surface area contributed by atoms with Crippen molar-refractivity contribution < 1.29 is 9.18 Å². The fraction of sp³-hybridized carbons (Fsp3) is 0.321. The Balaban J connectivity index is 1.29. The molecule has 186 valence electrons. The smallest absolute Gasteiger partial charge is 0.272 e. The van der Waals surface area contributed by atoms with E-state index >= 15 is 0 Å². The summed E-state index contributed by atoms with van der Waals surface area (Å²) in [5, 5.41) is 8.05. The third kappa shape index (κ3) is 4.95. The van der Waals surface area contributed by atoms with Crippen LogP contribution in [0.5, 0.6) is 0 Å².